The molecule has 0 saturated carbocycles. The number of fused-ring (bicyclic) bond motifs is 1. The van der Waals surface area contributed by atoms with Crippen LogP contribution in [0.5, 0.6) is 0 Å². The molecule has 24 heavy (non-hydrogen) atoms. The summed E-state index contributed by atoms with van der Waals surface area (Å²) in [5.74, 6) is -0.902. The van der Waals surface area contributed by atoms with Gasteiger partial charge in [-0.2, -0.15) is 0 Å². The van der Waals surface area contributed by atoms with Gasteiger partial charge < -0.3 is 11.1 Å². The number of nitrogens with one attached hydrogen (secondary N) is 1. The molecule has 0 unspecified atom stereocenters. The van der Waals surface area contributed by atoms with Gasteiger partial charge in [0.25, 0.3) is 5.91 Å². The van der Waals surface area contributed by atoms with Gasteiger partial charge in [0.05, 0.1) is 11.3 Å². The molecule has 4 nitrogen and oxygen atoms in total. The Morgan fingerprint density at radius 2 is 1.58 bits per heavy atom. The number of rotatable bonds is 4. The number of anilines is 1. The molecule has 0 aromatic heterocycles. The summed E-state index contributed by atoms with van der Waals surface area (Å²) >= 11 is 0. The molecule has 0 heterocycles. The van der Waals surface area contributed by atoms with Crippen molar-refractivity contribution in [2.24, 2.45) is 5.73 Å². The lowest BCUT2D eigenvalue weighted by molar-refractivity contribution is -0.111. The first-order chi connectivity index (χ1) is 11.6. The number of primary amides is 1. The van der Waals surface area contributed by atoms with Gasteiger partial charge in [0.15, 0.2) is 0 Å². The summed E-state index contributed by atoms with van der Waals surface area (Å²) in [6.07, 6.45) is 3.20. The molecule has 0 saturated heterocycles. The Kier molecular flexibility index (Phi) is 4.38. The highest BCUT2D eigenvalue weighted by atomic mass is 16.2. The Hall–Kier alpha value is -3.40. The molecule has 0 aliphatic rings. The lowest BCUT2D eigenvalue weighted by Gasteiger charge is -2.06. The Labute approximate surface area is 139 Å². The van der Waals surface area contributed by atoms with Crippen LogP contribution in [0, 0.1) is 0 Å². The number of nitrogens with two attached hydrogens (primary N) is 1. The zero-order valence-corrected chi connectivity index (χ0v) is 12.9. The van der Waals surface area contributed by atoms with Crippen molar-refractivity contribution in [3.63, 3.8) is 0 Å². The highest BCUT2D eigenvalue weighted by Crippen LogP contribution is 2.20. The second-order valence-corrected chi connectivity index (χ2v) is 5.30. The second-order valence-electron chi connectivity index (χ2n) is 5.30. The third-order valence-electron chi connectivity index (χ3n) is 3.69. The van der Waals surface area contributed by atoms with Gasteiger partial charge in [-0.25, -0.2) is 0 Å². The molecule has 3 rings (SSSR count). The van der Waals surface area contributed by atoms with Crippen molar-refractivity contribution in [3.05, 3.63) is 83.9 Å². The Balaban J connectivity index is 1.82. The molecule has 0 spiro atoms. The van der Waals surface area contributed by atoms with E-state index in [1.807, 2.05) is 42.5 Å². The van der Waals surface area contributed by atoms with Crippen molar-refractivity contribution < 1.29 is 9.59 Å². The van der Waals surface area contributed by atoms with Crippen LogP contribution in [0.2, 0.25) is 0 Å². The molecule has 0 aliphatic carbocycles. The fourth-order valence-electron chi connectivity index (χ4n) is 2.54. The first-order valence-electron chi connectivity index (χ1n) is 7.51. The molecule has 0 fully saturated rings. The van der Waals surface area contributed by atoms with E-state index in [1.54, 1.807) is 30.3 Å². The summed E-state index contributed by atoms with van der Waals surface area (Å²) in [5, 5.41) is 4.86. The van der Waals surface area contributed by atoms with E-state index in [9.17, 15) is 9.59 Å². The summed E-state index contributed by atoms with van der Waals surface area (Å²) in [4.78, 5) is 23.5. The summed E-state index contributed by atoms with van der Waals surface area (Å²) < 4.78 is 0. The number of amides is 2. The van der Waals surface area contributed by atoms with Gasteiger partial charge in [-0.3, -0.25) is 9.59 Å². The number of hydrogen-bond donors (Lipinski definition) is 2. The Bertz CT molecular complexity index is 940. The van der Waals surface area contributed by atoms with Crippen molar-refractivity contribution in [2.45, 2.75) is 0 Å². The minimum Gasteiger partial charge on any atom is -0.366 e. The minimum atomic E-state index is -0.580. The third kappa shape index (κ3) is 3.33. The maximum atomic E-state index is 12.1. The molecule has 0 atom stereocenters. The highest BCUT2D eigenvalue weighted by Gasteiger charge is 2.08. The van der Waals surface area contributed by atoms with Crippen LogP contribution < -0.4 is 11.1 Å². The molecule has 3 aromatic rings. The van der Waals surface area contributed by atoms with Crippen LogP contribution in [-0.2, 0) is 4.79 Å². The van der Waals surface area contributed by atoms with Crippen LogP contribution in [0.3, 0.4) is 0 Å². The van der Waals surface area contributed by atoms with E-state index in [0.29, 0.717) is 5.69 Å². The topological polar surface area (TPSA) is 72.2 Å². The van der Waals surface area contributed by atoms with Crippen LogP contribution >= 0.6 is 0 Å². The predicted octanol–water partition coefficient (Wildman–Crippen LogP) is 3.59. The number of carbonyl (C=O) groups excluding carboxylic acids is 2. The standard InChI is InChI=1S/C20H16N2O2/c21-20(24)17-10-3-4-11-18(17)22-19(23)13-12-15-8-5-7-14-6-1-2-9-16(14)15/h1-13H,(H2,21,24)(H,22,23)/b13-12-. The number of para-hydroxylation sites is 1. The van der Waals surface area contributed by atoms with Gasteiger partial charge in [0, 0.05) is 6.08 Å². The molecule has 4 heteroatoms. The quantitative estimate of drug-likeness (QED) is 0.722. The second kappa shape index (κ2) is 6.79. The van der Waals surface area contributed by atoms with Crippen LogP contribution in [0.15, 0.2) is 72.8 Å². The van der Waals surface area contributed by atoms with Crippen LogP contribution in [0.1, 0.15) is 15.9 Å². The van der Waals surface area contributed by atoms with E-state index in [2.05, 4.69) is 5.32 Å². The van der Waals surface area contributed by atoms with Crippen LogP contribution in [0.25, 0.3) is 16.8 Å². The maximum absolute atomic E-state index is 12.1. The van der Waals surface area contributed by atoms with E-state index < -0.39 is 5.91 Å². The number of hydrogen-bond acceptors (Lipinski definition) is 2. The van der Waals surface area contributed by atoms with Crippen LogP contribution in [-0.4, -0.2) is 11.8 Å². The minimum absolute atomic E-state index is 0.282. The zero-order chi connectivity index (χ0) is 16.9. The molecule has 0 radical (unpaired) electrons. The lowest BCUT2D eigenvalue weighted by atomic mass is 10.0. The van der Waals surface area contributed by atoms with Crippen molar-refractivity contribution >= 4 is 34.4 Å². The molecule has 2 amide bonds. The average Bonchev–Trinajstić information content (AvgIpc) is 2.60. The van der Waals surface area contributed by atoms with Gasteiger partial charge in [-0.05, 0) is 34.5 Å². The Morgan fingerprint density at radius 1 is 0.875 bits per heavy atom. The molecular weight excluding hydrogens is 300 g/mol. The molecule has 0 bridgehead atoms. The fraction of sp³-hybridized carbons (Fsp3) is 0. The van der Waals surface area contributed by atoms with Crippen molar-refractivity contribution in [1.82, 2.24) is 0 Å². The van der Waals surface area contributed by atoms with Gasteiger partial charge in [-0.1, -0.05) is 54.6 Å². The molecule has 0 aliphatic heterocycles. The average molecular weight is 316 g/mol. The SMILES string of the molecule is NC(=O)c1ccccc1NC(=O)/C=C\c1cccc2ccccc12. The number of carbonyl (C=O) groups is 2. The Morgan fingerprint density at radius 3 is 2.42 bits per heavy atom. The zero-order valence-electron chi connectivity index (χ0n) is 12.9. The van der Waals surface area contributed by atoms with E-state index in [0.717, 1.165) is 16.3 Å². The molecule has 118 valence electrons. The first kappa shape index (κ1) is 15.5. The molecule has 3 aromatic carbocycles. The molecule has 3 N–H and O–H groups in total. The van der Waals surface area contributed by atoms with Crippen molar-refractivity contribution in [2.75, 3.05) is 5.32 Å². The normalized spacial score (nSPS) is 10.8. The third-order valence-corrected chi connectivity index (χ3v) is 3.69. The maximum Gasteiger partial charge on any atom is 0.250 e. The van der Waals surface area contributed by atoms with E-state index in [4.69, 9.17) is 5.73 Å². The summed E-state index contributed by atoms with van der Waals surface area (Å²) in [5.41, 5.74) is 6.94. The van der Waals surface area contributed by atoms with Gasteiger partial charge in [0.2, 0.25) is 5.91 Å². The van der Waals surface area contributed by atoms with Gasteiger partial charge in [-0.15, -0.1) is 0 Å². The first-order valence-corrected chi connectivity index (χ1v) is 7.51. The largest absolute Gasteiger partial charge is 0.366 e. The summed E-state index contributed by atoms with van der Waals surface area (Å²) in [7, 11) is 0. The van der Waals surface area contributed by atoms with Gasteiger partial charge in [0.1, 0.15) is 0 Å². The predicted molar refractivity (Wildman–Crippen MR) is 96.6 cm³/mol. The van der Waals surface area contributed by atoms with E-state index in [-0.39, 0.29) is 11.5 Å². The smallest absolute Gasteiger partial charge is 0.250 e. The molecular formula is C20H16N2O2. The van der Waals surface area contributed by atoms with Crippen molar-refractivity contribution in [1.29, 1.82) is 0 Å². The highest BCUT2D eigenvalue weighted by molar-refractivity contribution is 6.07. The van der Waals surface area contributed by atoms with E-state index in [1.165, 1.54) is 6.08 Å². The number of benzene rings is 3. The summed E-state index contributed by atoms with van der Waals surface area (Å²) in [6, 6.07) is 20.5. The van der Waals surface area contributed by atoms with E-state index >= 15 is 0 Å². The monoisotopic (exact) mass is 316 g/mol. The van der Waals surface area contributed by atoms with Gasteiger partial charge >= 0.3 is 0 Å². The van der Waals surface area contributed by atoms with Crippen LogP contribution in [0.4, 0.5) is 5.69 Å². The summed E-state index contributed by atoms with van der Waals surface area (Å²) in [6.45, 7) is 0. The van der Waals surface area contributed by atoms with Crippen molar-refractivity contribution in [3.8, 4) is 0 Å². The lowest BCUT2D eigenvalue weighted by Crippen LogP contribution is -2.16. The fourth-order valence-corrected chi connectivity index (χ4v) is 2.54.